The highest BCUT2D eigenvalue weighted by atomic mass is 35.5. The molecule has 0 saturated heterocycles. The van der Waals surface area contributed by atoms with Crippen molar-refractivity contribution in [3.8, 4) is 21.7 Å². The van der Waals surface area contributed by atoms with E-state index >= 15 is 4.48 Å². The van der Waals surface area contributed by atoms with Gasteiger partial charge < -0.3 is 10.5 Å². The van der Waals surface area contributed by atoms with Gasteiger partial charge in [0.05, 0.1) is 27.4 Å². The maximum Gasteiger partial charge on any atom is 0.416 e. The first-order valence-electron chi connectivity index (χ1n) is 15.2. The molecule has 5 rings (SSSR count). The topological polar surface area (TPSA) is 76.3 Å². The zero-order chi connectivity index (χ0) is 38.1. The average Bonchev–Trinajstić information content (AvgIpc) is 3.54. The van der Waals surface area contributed by atoms with Crippen LogP contribution in [0.15, 0.2) is 91.0 Å². The van der Waals surface area contributed by atoms with E-state index in [0.29, 0.717) is 34.4 Å². The Morgan fingerprint density at radius 1 is 0.863 bits per heavy atom. The normalized spacial score (nSPS) is 11.8. The molecule has 1 unspecified atom stereocenters. The Morgan fingerprint density at radius 3 is 1.84 bits per heavy atom. The van der Waals surface area contributed by atoms with Crippen molar-refractivity contribution in [3.63, 3.8) is 0 Å². The summed E-state index contributed by atoms with van der Waals surface area (Å²) in [5.74, 6) is -0.929. The van der Waals surface area contributed by atoms with E-state index in [2.05, 4.69) is 10.7 Å². The number of thiazole rings is 1. The Bertz CT molecular complexity index is 1810. The van der Waals surface area contributed by atoms with Gasteiger partial charge in [-0.2, -0.15) is 31.5 Å². The van der Waals surface area contributed by atoms with Crippen molar-refractivity contribution in [1.29, 1.82) is 0 Å². The van der Waals surface area contributed by atoms with E-state index in [1.54, 1.807) is 12.1 Å². The van der Waals surface area contributed by atoms with Crippen LogP contribution in [-0.2, 0) is 23.6 Å². The maximum absolute atomic E-state index is 15.4. The largest absolute Gasteiger partial charge is 0.416 e. The number of carbonyl (C=O) groups is 2. The van der Waals surface area contributed by atoms with Gasteiger partial charge in [0.15, 0.2) is 5.78 Å². The molecule has 0 aliphatic carbocycles. The number of hydrogen-bond acceptors (Lipinski definition) is 6. The monoisotopic (exact) mass is 751 g/mol. The van der Waals surface area contributed by atoms with Crippen LogP contribution in [0.1, 0.15) is 46.5 Å². The van der Waals surface area contributed by atoms with Crippen molar-refractivity contribution in [2.75, 3.05) is 12.2 Å². The summed E-state index contributed by atoms with van der Waals surface area (Å²) in [5, 5.41) is 1.50. The Labute approximate surface area is 299 Å². The van der Waals surface area contributed by atoms with Gasteiger partial charge in [-0.25, -0.2) is 4.98 Å². The van der Waals surface area contributed by atoms with E-state index in [-0.39, 0.29) is 17.1 Å². The number of benzene rings is 4. The SMILES string of the molecule is CC(=O)c1cc(C(F)(F)F)cc(C(F)(F)F)c1.CN.Cc1ccc(-c2nc(N(F)c3ccc(CC(C)C=O)cc3)sc2-c2ccc(Cl)cc2)cc1. The third-order valence-electron chi connectivity index (χ3n) is 7.16. The van der Waals surface area contributed by atoms with E-state index in [1.165, 1.54) is 18.4 Å². The molecular weight excluding hydrogens is 719 g/mol. The summed E-state index contributed by atoms with van der Waals surface area (Å²) in [6.45, 7) is 4.79. The Hall–Kier alpha value is -4.59. The zero-order valence-electron chi connectivity index (χ0n) is 27.7. The Kier molecular flexibility index (Phi) is 14.1. The number of carbonyl (C=O) groups excluding carboxylic acids is 2. The molecule has 0 fully saturated rings. The van der Waals surface area contributed by atoms with E-state index in [0.717, 1.165) is 46.0 Å². The fraction of sp³-hybridized carbons (Fsp3) is 0.216. The van der Waals surface area contributed by atoms with Gasteiger partial charge in [0, 0.05) is 22.1 Å². The molecule has 14 heteroatoms. The third-order valence-corrected chi connectivity index (χ3v) is 8.48. The average molecular weight is 752 g/mol. The quantitative estimate of drug-likeness (QED) is 0.0739. The van der Waals surface area contributed by atoms with Crippen LogP contribution in [-0.4, -0.2) is 24.1 Å². The Morgan fingerprint density at radius 2 is 1.37 bits per heavy atom. The standard InChI is InChI=1S/C26H22ClFN2OS.C10H6F6O.CH5N/c1-17-3-7-20(8-4-17)24-25(21-9-11-22(27)12-10-21)32-26(29-24)30(28)23-13-5-19(6-14-23)15-18(2)16-31;1-5(17)6-2-7(9(11,12)13)4-8(3-6)10(14,15)16;1-2/h3-14,16,18H,15H2,1-2H3;2-4H,1H3;2H2,1H3. The van der Waals surface area contributed by atoms with Gasteiger partial charge in [-0.3, -0.25) is 4.79 Å². The summed E-state index contributed by atoms with van der Waals surface area (Å²) in [7, 11) is 1.50. The lowest BCUT2D eigenvalue weighted by Gasteiger charge is -2.12. The molecule has 0 aliphatic heterocycles. The van der Waals surface area contributed by atoms with E-state index in [9.17, 15) is 35.9 Å². The molecule has 0 bridgehead atoms. The number of aryl methyl sites for hydroxylation is 1. The van der Waals surface area contributed by atoms with E-state index < -0.39 is 34.8 Å². The second kappa shape index (κ2) is 17.6. The van der Waals surface area contributed by atoms with Gasteiger partial charge in [0.25, 0.3) is 0 Å². The number of halogens is 8. The van der Waals surface area contributed by atoms with Crippen molar-refractivity contribution >= 4 is 45.8 Å². The van der Waals surface area contributed by atoms with Crippen LogP contribution < -0.4 is 10.9 Å². The minimum absolute atomic E-state index is 0.0214. The molecule has 0 aliphatic rings. The summed E-state index contributed by atoms with van der Waals surface area (Å²) in [6.07, 6.45) is -8.29. The van der Waals surface area contributed by atoms with Gasteiger partial charge >= 0.3 is 12.4 Å². The molecule has 0 amide bonds. The number of nitrogens with two attached hydrogens (primary N) is 1. The molecule has 0 radical (unpaired) electrons. The van der Waals surface area contributed by atoms with E-state index in [4.69, 9.17) is 11.6 Å². The molecule has 4 aromatic carbocycles. The number of aromatic nitrogens is 1. The molecular formula is C37H33ClF7N3O2S. The Balaban J connectivity index is 0.000000313. The zero-order valence-corrected chi connectivity index (χ0v) is 29.3. The van der Waals surface area contributed by atoms with Crippen LogP contribution in [0.4, 0.5) is 41.6 Å². The van der Waals surface area contributed by atoms with Crippen molar-refractivity contribution in [2.24, 2.45) is 11.7 Å². The second-order valence-electron chi connectivity index (χ2n) is 11.2. The fourth-order valence-electron chi connectivity index (χ4n) is 4.55. The van der Waals surface area contributed by atoms with Gasteiger partial charge in [-0.15, -0.1) is 0 Å². The van der Waals surface area contributed by atoms with Crippen LogP contribution >= 0.6 is 22.9 Å². The number of rotatable bonds is 8. The first-order chi connectivity index (χ1) is 24.0. The summed E-state index contributed by atoms with van der Waals surface area (Å²) in [6, 6.07) is 23.4. The lowest BCUT2D eigenvalue weighted by molar-refractivity contribution is -0.143. The van der Waals surface area contributed by atoms with Gasteiger partial charge in [0.1, 0.15) is 6.29 Å². The highest BCUT2D eigenvalue weighted by Gasteiger charge is 2.37. The van der Waals surface area contributed by atoms with Crippen molar-refractivity contribution < 1.29 is 40.4 Å². The summed E-state index contributed by atoms with van der Waals surface area (Å²) in [5.41, 5.74) is 6.01. The minimum Gasteiger partial charge on any atom is -0.333 e. The fourth-order valence-corrected chi connectivity index (χ4v) is 5.69. The predicted molar refractivity (Wildman–Crippen MR) is 188 cm³/mol. The van der Waals surface area contributed by atoms with E-state index in [1.807, 2.05) is 74.5 Å². The summed E-state index contributed by atoms with van der Waals surface area (Å²) in [4.78, 5) is 27.3. The number of anilines is 2. The van der Waals surface area contributed by atoms with Crippen LogP contribution in [0.3, 0.4) is 0 Å². The molecule has 5 aromatic rings. The molecule has 51 heavy (non-hydrogen) atoms. The number of aldehydes is 1. The van der Waals surface area contributed by atoms with Gasteiger partial charge in [-0.1, -0.05) is 88.4 Å². The molecule has 2 N–H and O–H groups in total. The highest BCUT2D eigenvalue weighted by molar-refractivity contribution is 7.19. The molecule has 5 nitrogen and oxygen atoms in total. The van der Waals surface area contributed by atoms with Crippen molar-refractivity contribution in [2.45, 2.75) is 39.5 Å². The van der Waals surface area contributed by atoms with Gasteiger partial charge in [-0.05, 0) is 80.9 Å². The minimum atomic E-state index is -4.93. The predicted octanol–water partition coefficient (Wildman–Crippen LogP) is 11.3. The lowest BCUT2D eigenvalue weighted by atomic mass is 10.0. The second-order valence-corrected chi connectivity index (χ2v) is 12.6. The van der Waals surface area contributed by atoms with Crippen LogP contribution in [0, 0.1) is 12.8 Å². The van der Waals surface area contributed by atoms with Crippen LogP contribution in [0.5, 0.6) is 0 Å². The molecule has 1 heterocycles. The first kappa shape index (κ1) is 40.8. The maximum atomic E-state index is 15.4. The molecule has 1 aromatic heterocycles. The molecule has 270 valence electrons. The number of nitrogens with zero attached hydrogens (tertiary/aromatic N) is 2. The van der Waals surface area contributed by atoms with Gasteiger partial charge in [0.2, 0.25) is 5.13 Å². The summed E-state index contributed by atoms with van der Waals surface area (Å²) >= 11 is 7.35. The molecule has 0 saturated carbocycles. The smallest absolute Gasteiger partial charge is 0.333 e. The highest BCUT2D eigenvalue weighted by Crippen LogP contribution is 2.43. The number of hydrogen-bond donors (Lipinski definition) is 1. The third kappa shape index (κ3) is 11.2. The van der Waals surface area contributed by atoms with Crippen molar-refractivity contribution in [3.05, 3.63) is 124 Å². The number of ketones is 1. The van der Waals surface area contributed by atoms with Crippen molar-refractivity contribution in [1.82, 2.24) is 4.98 Å². The lowest BCUT2D eigenvalue weighted by Crippen LogP contribution is -2.12. The summed E-state index contributed by atoms with van der Waals surface area (Å²) < 4.78 is 89.3. The molecule has 0 spiro atoms. The number of Topliss-reactive ketones (excluding diaryl/α,β-unsaturated/α-hetero) is 1. The molecule has 1 atom stereocenters. The van der Waals surface area contributed by atoms with Crippen LogP contribution in [0.2, 0.25) is 5.02 Å². The number of alkyl halides is 6. The van der Waals surface area contributed by atoms with Crippen LogP contribution in [0.25, 0.3) is 21.7 Å². The first-order valence-corrected chi connectivity index (χ1v) is 16.4.